The summed E-state index contributed by atoms with van der Waals surface area (Å²) in [7, 11) is 0. The molecule has 0 heterocycles. The normalized spacial score (nSPS) is 12.7. The van der Waals surface area contributed by atoms with Crippen molar-refractivity contribution in [3.63, 3.8) is 0 Å². The molecule has 0 saturated carbocycles. The minimum absolute atomic E-state index is 0.360. The Bertz CT molecular complexity index is 328. The highest BCUT2D eigenvalue weighted by Gasteiger charge is 2.07. The lowest BCUT2D eigenvalue weighted by molar-refractivity contribution is 0.0319. The van der Waals surface area contributed by atoms with Gasteiger partial charge in [0.25, 0.3) is 0 Å². The second-order valence-corrected chi connectivity index (χ2v) is 4.84. The number of anilines is 1. The van der Waals surface area contributed by atoms with E-state index in [1.807, 2.05) is 18.2 Å². The molecule has 1 atom stereocenters. The van der Waals surface area contributed by atoms with Crippen LogP contribution in [0.4, 0.5) is 5.69 Å². The van der Waals surface area contributed by atoms with Gasteiger partial charge in [-0.15, -0.1) is 0 Å². The summed E-state index contributed by atoms with van der Waals surface area (Å²) in [5.41, 5.74) is 7.65. The minimum Gasteiger partial charge on any atom is -0.399 e. The minimum atomic E-state index is 0.360. The molecule has 0 saturated heterocycles. The fraction of sp³-hybridized carbons (Fsp3) is 0.538. The highest BCUT2D eigenvalue weighted by atomic mass is 79.9. The highest BCUT2D eigenvalue weighted by molar-refractivity contribution is 9.10. The SMILES string of the molecule is CCCC(CC)OCc1cc(N)ccc1Br. The molecule has 16 heavy (non-hydrogen) atoms. The quantitative estimate of drug-likeness (QED) is 0.798. The first-order valence-electron chi connectivity index (χ1n) is 5.82. The van der Waals surface area contributed by atoms with Gasteiger partial charge in [-0.2, -0.15) is 0 Å². The molecule has 1 aromatic carbocycles. The van der Waals surface area contributed by atoms with E-state index in [1.54, 1.807) is 0 Å². The van der Waals surface area contributed by atoms with Crippen LogP contribution in [0.5, 0.6) is 0 Å². The van der Waals surface area contributed by atoms with Gasteiger partial charge >= 0.3 is 0 Å². The molecule has 0 amide bonds. The van der Waals surface area contributed by atoms with Gasteiger partial charge in [0.1, 0.15) is 0 Å². The molecule has 0 aliphatic rings. The predicted molar refractivity (Wildman–Crippen MR) is 72.3 cm³/mol. The maximum Gasteiger partial charge on any atom is 0.0732 e. The van der Waals surface area contributed by atoms with E-state index in [-0.39, 0.29) is 0 Å². The Kier molecular flexibility index (Phi) is 5.85. The number of nitrogens with two attached hydrogens (primary N) is 1. The summed E-state index contributed by atoms with van der Waals surface area (Å²) in [5.74, 6) is 0. The van der Waals surface area contributed by atoms with E-state index >= 15 is 0 Å². The van der Waals surface area contributed by atoms with Crippen LogP contribution in [0.25, 0.3) is 0 Å². The molecular weight excluding hydrogens is 266 g/mol. The zero-order valence-electron chi connectivity index (χ0n) is 10.0. The molecular formula is C13H20BrNO. The van der Waals surface area contributed by atoms with E-state index in [9.17, 15) is 0 Å². The molecule has 1 unspecified atom stereocenters. The summed E-state index contributed by atoms with van der Waals surface area (Å²) in [6, 6.07) is 5.81. The van der Waals surface area contributed by atoms with E-state index in [0.29, 0.717) is 12.7 Å². The first kappa shape index (κ1) is 13.5. The van der Waals surface area contributed by atoms with Gasteiger partial charge in [0, 0.05) is 10.2 Å². The largest absolute Gasteiger partial charge is 0.399 e. The highest BCUT2D eigenvalue weighted by Crippen LogP contribution is 2.21. The lowest BCUT2D eigenvalue weighted by Gasteiger charge is -2.16. The summed E-state index contributed by atoms with van der Waals surface area (Å²) < 4.78 is 6.93. The van der Waals surface area contributed by atoms with Crippen LogP contribution in [0.2, 0.25) is 0 Å². The van der Waals surface area contributed by atoms with Crippen molar-refractivity contribution in [3.8, 4) is 0 Å². The third kappa shape index (κ3) is 4.14. The molecule has 0 aromatic heterocycles. The molecule has 1 rings (SSSR count). The van der Waals surface area contributed by atoms with Gasteiger partial charge in [0.2, 0.25) is 0 Å². The van der Waals surface area contributed by atoms with Gasteiger partial charge in [-0.3, -0.25) is 0 Å². The maximum absolute atomic E-state index is 5.87. The van der Waals surface area contributed by atoms with E-state index in [4.69, 9.17) is 10.5 Å². The van der Waals surface area contributed by atoms with Crippen molar-refractivity contribution in [2.24, 2.45) is 0 Å². The zero-order chi connectivity index (χ0) is 12.0. The summed E-state index contributed by atoms with van der Waals surface area (Å²) in [4.78, 5) is 0. The Balaban J connectivity index is 2.55. The Labute approximate surface area is 106 Å². The Morgan fingerprint density at radius 2 is 2.12 bits per heavy atom. The second-order valence-electron chi connectivity index (χ2n) is 3.98. The average Bonchev–Trinajstić information content (AvgIpc) is 2.28. The van der Waals surface area contributed by atoms with Gasteiger partial charge in [-0.05, 0) is 36.6 Å². The van der Waals surface area contributed by atoms with Crippen molar-refractivity contribution in [2.45, 2.75) is 45.8 Å². The van der Waals surface area contributed by atoms with Crippen molar-refractivity contribution in [3.05, 3.63) is 28.2 Å². The molecule has 3 heteroatoms. The van der Waals surface area contributed by atoms with Crippen LogP contribution in [-0.4, -0.2) is 6.10 Å². The molecule has 0 fully saturated rings. The Hall–Kier alpha value is -0.540. The third-order valence-corrected chi connectivity index (χ3v) is 3.38. The molecule has 0 radical (unpaired) electrons. The topological polar surface area (TPSA) is 35.2 Å². The summed E-state index contributed by atoms with van der Waals surface area (Å²) in [6.45, 7) is 4.97. The monoisotopic (exact) mass is 285 g/mol. The molecule has 0 aliphatic carbocycles. The van der Waals surface area contributed by atoms with Crippen molar-refractivity contribution in [2.75, 3.05) is 5.73 Å². The number of benzene rings is 1. The van der Waals surface area contributed by atoms with Crippen LogP contribution < -0.4 is 5.73 Å². The van der Waals surface area contributed by atoms with Gasteiger partial charge in [0.05, 0.1) is 12.7 Å². The van der Waals surface area contributed by atoms with Crippen molar-refractivity contribution in [1.82, 2.24) is 0 Å². The van der Waals surface area contributed by atoms with Crippen LogP contribution >= 0.6 is 15.9 Å². The summed E-state index contributed by atoms with van der Waals surface area (Å²) >= 11 is 3.51. The van der Waals surface area contributed by atoms with E-state index in [1.165, 1.54) is 0 Å². The Morgan fingerprint density at radius 3 is 2.75 bits per heavy atom. The van der Waals surface area contributed by atoms with Crippen molar-refractivity contribution in [1.29, 1.82) is 0 Å². The smallest absolute Gasteiger partial charge is 0.0732 e. The summed E-state index contributed by atoms with van der Waals surface area (Å²) in [5, 5.41) is 0. The number of nitrogen functional groups attached to an aromatic ring is 1. The van der Waals surface area contributed by atoms with E-state index in [2.05, 4.69) is 29.8 Å². The lowest BCUT2D eigenvalue weighted by Crippen LogP contribution is -2.11. The third-order valence-electron chi connectivity index (χ3n) is 2.61. The maximum atomic E-state index is 5.87. The standard InChI is InChI=1S/C13H20BrNO/c1-3-5-12(4-2)16-9-10-8-11(15)6-7-13(10)14/h6-8,12H,3-5,9,15H2,1-2H3. The predicted octanol–water partition coefficient (Wildman–Crippen LogP) is 4.13. The summed E-state index contributed by atoms with van der Waals surface area (Å²) in [6.07, 6.45) is 3.71. The second kappa shape index (κ2) is 6.92. The number of rotatable bonds is 6. The fourth-order valence-electron chi connectivity index (χ4n) is 1.64. The van der Waals surface area contributed by atoms with Gasteiger partial charge in [0.15, 0.2) is 0 Å². The van der Waals surface area contributed by atoms with Crippen LogP contribution in [0.1, 0.15) is 38.7 Å². The van der Waals surface area contributed by atoms with Gasteiger partial charge in [-0.1, -0.05) is 36.2 Å². The van der Waals surface area contributed by atoms with E-state index in [0.717, 1.165) is 35.0 Å². The zero-order valence-corrected chi connectivity index (χ0v) is 11.6. The van der Waals surface area contributed by atoms with E-state index < -0.39 is 0 Å². The average molecular weight is 286 g/mol. The molecule has 2 N–H and O–H groups in total. The van der Waals surface area contributed by atoms with Gasteiger partial charge < -0.3 is 10.5 Å². The number of ether oxygens (including phenoxy) is 1. The number of hydrogen-bond acceptors (Lipinski definition) is 2. The first-order valence-corrected chi connectivity index (χ1v) is 6.62. The fourth-order valence-corrected chi connectivity index (χ4v) is 2.00. The molecule has 2 nitrogen and oxygen atoms in total. The number of halogens is 1. The molecule has 90 valence electrons. The van der Waals surface area contributed by atoms with Crippen LogP contribution in [0, 0.1) is 0 Å². The Morgan fingerprint density at radius 1 is 1.38 bits per heavy atom. The van der Waals surface area contributed by atoms with Crippen molar-refractivity contribution >= 4 is 21.6 Å². The molecule has 0 bridgehead atoms. The van der Waals surface area contributed by atoms with Gasteiger partial charge in [-0.25, -0.2) is 0 Å². The first-order chi connectivity index (χ1) is 7.67. The van der Waals surface area contributed by atoms with Crippen LogP contribution in [-0.2, 0) is 11.3 Å². The molecule has 1 aromatic rings. The van der Waals surface area contributed by atoms with Crippen LogP contribution in [0.3, 0.4) is 0 Å². The molecule has 0 aliphatic heterocycles. The number of hydrogen-bond donors (Lipinski definition) is 1. The van der Waals surface area contributed by atoms with Crippen molar-refractivity contribution < 1.29 is 4.74 Å². The molecule has 0 spiro atoms. The lowest BCUT2D eigenvalue weighted by atomic mass is 10.1. The van der Waals surface area contributed by atoms with Crippen LogP contribution in [0.15, 0.2) is 22.7 Å².